The van der Waals surface area contributed by atoms with Crippen LogP contribution in [0, 0.1) is 6.92 Å². The number of rotatable bonds is 4. The van der Waals surface area contributed by atoms with Crippen LogP contribution < -0.4 is 5.32 Å². The number of hydrogen-bond donors (Lipinski definition) is 2. The molecule has 0 bridgehead atoms. The minimum absolute atomic E-state index is 0.0660. The number of carbonyl (C=O) groups is 2. The van der Waals surface area contributed by atoms with E-state index in [-0.39, 0.29) is 5.91 Å². The van der Waals surface area contributed by atoms with Gasteiger partial charge in [0.1, 0.15) is 0 Å². The number of hydrogen-bond acceptors (Lipinski definition) is 2. The van der Waals surface area contributed by atoms with Crippen LogP contribution in [0.25, 0.3) is 6.08 Å². The standard InChI is InChI=1S/C13H15NO3/c1-3-12(15)14-11-7-9(2)6-10(8-11)4-5-13(16)17/h4-8H,3H2,1-2H3,(H,14,15)(H,16,17)/b5-4+. The van der Waals surface area contributed by atoms with Gasteiger partial charge in [-0.2, -0.15) is 0 Å². The SMILES string of the molecule is CCC(=O)Nc1cc(C)cc(/C=C/C(=O)O)c1. The number of carbonyl (C=O) groups excluding carboxylic acids is 1. The maximum atomic E-state index is 11.2. The highest BCUT2D eigenvalue weighted by atomic mass is 16.4. The summed E-state index contributed by atoms with van der Waals surface area (Å²) in [6.45, 7) is 3.66. The highest BCUT2D eigenvalue weighted by molar-refractivity contribution is 5.91. The maximum Gasteiger partial charge on any atom is 0.328 e. The molecule has 1 rings (SSSR count). The number of nitrogens with one attached hydrogen (secondary N) is 1. The fourth-order valence-electron chi connectivity index (χ4n) is 1.40. The van der Waals surface area contributed by atoms with E-state index in [1.165, 1.54) is 6.08 Å². The van der Waals surface area contributed by atoms with Crippen molar-refractivity contribution in [2.24, 2.45) is 0 Å². The van der Waals surface area contributed by atoms with E-state index in [0.717, 1.165) is 17.2 Å². The van der Waals surface area contributed by atoms with E-state index < -0.39 is 5.97 Å². The normalized spacial score (nSPS) is 10.5. The summed E-state index contributed by atoms with van der Waals surface area (Å²) in [5.41, 5.74) is 2.39. The van der Waals surface area contributed by atoms with Crippen molar-refractivity contribution in [2.45, 2.75) is 20.3 Å². The predicted octanol–water partition coefficient (Wildman–Crippen LogP) is 2.44. The Bertz CT molecular complexity index is 464. The van der Waals surface area contributed by atoms with Crippen molar-refractivity contribution in [3.63, 3.8) is 0 Å². The third kappa shape index (κ3) is 4.51. The van der Waals surface area contributed by atoms with Gasteiger partial charge in [-0.3, -0.25) is 4.79 Å². The molecule has 0 radical (unpaired) electrons. The molecule has 0 aliphatic heterocycles. The molecule has 17 heavy (non-hydrogen) atoms. The number of carboxylic acids is 1. The van der Waals surface area contributed by atoms with Crippen molar-refractivity contribution in [3.8, 4) is 0 Å². The lowest BCUT2D eigenvalue weighted by Crippen LogP contribution is -2.09. The second-order valence-electron chi connectivity index (χ2n) is 3.71. The molecule has 1 aromatic carbocycles. The summed E-state index contributed by atoms with van der Waals surface area (Å²) >= 11 is 0. The van der Waals surface area contributed by atoms with E-state index in [0.29, 0.717) is 12.1 Å². The molecule has 1 amide bonds. The van der Waals surface area contributed by atoms with Gasteiger partial charge in [0.2, 0.25) is 5.91 Å². The fraction of sp³-hybridized carbons (Fsp3) is 0.231. The van der Waals surface area contributed by atoms with Gasteiger partial charge in [0, 0.05) is 18.2 Å². The number of anilines is 1. The molecular formula is C13H15NO3. The summed E-state index contributed by atoms with van der Waals surface area (Å²) in [4.78, 5) is 21.7. The van der Waals surface area contributed by atoms with Gasteiger partial charge in [-0.1, -0.05) is 13.0 Å². The lowest BCUT2D eigenvalue weighted by molar-refractivity contribution is -0.131. The van der Waals surface area contributed by atoms with Gasteiger partial charge in [0.25, 0.3) is 0 Å². The van der Waals surface area contributed by atoms with Crippen LogP contribution in [0.1, 0.15) is 24.5 Å². The van der Waals surface area contributed by atoms with Gasteiger partial charge in [-0.05, 0) is 36.3 Å². The van der Waals surface area contributed by atoms with E-state index in [9.17, 15) is 9.59 Å². The molecular weight excluding hydrogens is 218 g/mol. The Hall–Kier alpha value is -2.10. The summed E-state index contributed by atoms with van der Waals surface area (Å²) in [5, 5.41) is 11.3. The minimum atomic E-state index is -0.995. The summed E-state index contributed by atoms with van der Waals surface area (Å²) in [7, 11) is 0. The number of aryl methyl sites for hydroxylation is 1. The van der Waals surface area contributed by atoms with Crippen LogP contribution in [0.4, 0.5) is 5.69 Å². The van der Waals surface area contributed by atoms with Crippen LogP contribution in [0.3, 0.4) is 0 Å². The van der Waals surface area contributed by atoms with E-state index in [1.54, 1.807) is 13.0 Å². The van der Waals surface area contributed by atoms with Gasteiger partial charge in [0.05, 0.1) is 0 Å². The number of benzene rings is 1. The van der Waals surface area contributed by atoms with Gasteiger partial charge in [0.15, 0.2) is 0 Å². The molecule has 0 saturated heterocycles. The van der Waals surface area contributed by atoms with Gasteiger partial charge in [-0.25, -0.2) is 4.79 Å². The van der Waals surface area contributed by atoms with Crippen molar-refractivity contribution in [1.82, 2.24) is 0 Å². The summed E-state index contributed by atoms with van der Waals surface area (Å²) in [5.74, 6) is -1.06. The van der Waals surface area contributed by atoms with Crippen molar-refractivity contribution >= 4 is 23.6 Å². The van der Waals surface area contributed by atoms with Crippen LogP contribution in [0.5, 0.6) is 0 Å². The molecule has 0 heterocycles. The molecule has 4 heteroatoms. The third-order valence-corrected chi connectivity index (χ3v) is 2.12. The average Bonchev–Trinajstić information content (AvgIpc) is 2.25. The van der Waals surface area contributed by atoms with Crippen molar-refractivity contribution in [1.29, 1.82) is 0 Å². The number of aliphatic carboxylic acids is 1. The first kappa shape index (κ1) is 13.0. The zero-order chi connectivity index (χ0) is 12.8. The van der Waals surface area contributed by atoms with Crippen LogP contribution in [-0.4, -0.2) is 17.0 Å². The molecule has 0 aliphatic carbocycles. The summed E-state index contributed by atoms with van der Waals surface area (Å²) in [6.07, 6.45) is 2.98. The fourth-order valence-corrected chi connectivity index (χ4v) is 1.40. The number of carboxylic acid groups (broad SMARTS) is 1. The molecule has 0 saturated carbocycles. The topological polar surface area (TPSA) is 66.4 Å². The molecule has 0 spiro atoms. The van der Waals surface area contributed by atoms with Crippen LogP contribution in [-0.2, 0) is 9.59 Å². The molecule has 2 N–H and O–H groups in total. The molecule has 0 fully saturated rings. The highest BCUT2D eigenvalue weighted by Gasteiger charge is 2.01. The van der Waals surface area contributed by atoms with E-state index in [1.807, 2.05) is 19.1 Å². The monoisotopic (exact) mass is 233 g/mol. The second kappa shape index (κ2) is 5.84. The smallest absolute Gasteiger partial charge is 0.328 e. The quantitative estimate of drug-likeness (QED) is 0.785. The molecule has 0 unspecified atom stereocenters. The molecule has 1 aromatic rings. The molecule has 0 atom stereocenters. The largest absolute Gasteiger partial charge is 0.478 e. The predicted molar refractivity (Wildman–Crippen MR) is 66.8 cm³/mol. The molecule has 4 nitrogen and oxygen atoms in total. The van der Waals surface area contributed by atoms with E-state index in [4.69, 9.17) is 5.11 Å². The Balaban J connectivity index is 2.94. The van der Waals surface area contributed by atoms with Crippen LogP contribution >= 0.6 is 0 Å². The Morgan fingerprint density at radius 1 is 1.35 bits per heavy atom. The summed E-state index contributed by atoms with van der Waals surface area (Å²) < 4.78 is 0. The van der Waals surface area contributed by atoms with Crippen LogP contribution in [0.15, 0.2) is 24.3 Å². The zero-order valence-electron chi connectivity index (χ0n) is 9.86. The Labute approximate surface area is 100.0 Å². The first-order valence-corrected chi connectivity index (χ1v) is 5.34. The van der Waals surface area contributed by atoms with E-state index in [2.05, 4.69) is 5.32 Å². The molecule has 90 valence electrons. The third-order valence-electron chi connectivity index (χ3n) is 2.12. The molecule has 0 aromatic heterocycles. The van der Waals surface area contributed by atoms with Crippen molar-refractivity contribution in [3.05, 3.63) is 35.4 Å². The average molecular weight is 233 g/mol. The zero-order valence-corrected chi connectivity index (χ0v) is 9.86. The first-order chi connectivity index (χ1) is 8.01. The lowest BCUT2D eigenvalue weighted by Gasteiger charge is -2.06. The van der Waals surface area contributed by atoms with Gasteiger partial charge >= 0.3 is 5.97 Å². The van der Waals surface area contributed by atoms with Crippen molar-refractivity contribution in [2.75, 3.05) is 5.32 Å². The Morgan fingerprint density at radius 3 is 2.65 bits per heavy atom. The van der Waals surface area contributed by atoms with Gasteiger partial charge < -0.3 is 10.4 Å². The summed E-state index contributed by atoms with van der Waals surface area (Å²) in [6, 6.07) is 5.42. The highest BCUT2D eigenvalue weighted by Crippen LogP contribution is 2.16. The lowest BCUT2D eigenvalue weighted by atomic mass is 10.1. The first-order valence-electron chi connectivity index (χ1n) is 5.34. The van der Waals surface area contributed by atoms with Crippen LogP contribution in [0.2, 0.25) is 0 Å². The number of amides is 1. The van der Waals surface area contributed by atoms with Gasteiger partial charge in [-0.15, -0.1) is 0 Å². The maximum absolute atomic E-state index is 11.2. The second-order valence-corrected chi connectivity index (χ2v) is 3.71. The Morgan fingerprint density at radius 2 is 2.06 bits per heavy atom. The molecule has 0 aliphatic rings. The Kier molecular flexibility index (Phi) is 4.46. The van der Waals surface area contributed by atoms with Crippen molar-refractivity contribution < 1.29 is 14.7 Å². The van der Waals surface area contributed by atoms with E-state index >= 15 is 0 Å². The minimum Gasteiger partial charge on any atom is -0.478 e.